The summed E-state index contributed by atoms with van der Waals surface area (Å²) in [5, 5.41) is 3.27. The summed E-state index contributed by atoms with van der Waals surface area (Å²) >= 11 is 0. The van der Waals surface area contributed by atoms with Crippen LogP contribution < -0.4 is 10.2 Å². The molecule has 4 rings (SSSR count). The van der Waals surface area contributed by atoms with Crippen molar-refractivity contribution in [3.8, 4) is 0 Å². The topological polar surface area (TPSA) is 70.6 Å². The maximum atomic E-state index is 13.2. The number of para-hydroxylation sites is 1. The molecular weight excluding hydrogens is 354 g/mol. The molecule has 2 aromatic rings. The number of nitrogens with one attached hydrogen (secondary N) is 1. The van der Waals surface area contributed by atoms with Crippen LogP contribution in [0.2, 0.25) is 0 Å². The van der Waals surface area contributed by atoms with Crippen molar-refractivity contribution in [2.24, 2.45) is 0 Å². The second-order valence-corrected chi connectivity index (χ2v) is 7.46. The first-order valence-corrected chi connectivity index (χ1v) is 9.93. The maximum absolute atomic E-state index is 13.2. The van der Waals surface area contributed by atoms with E-state index >= 15 is 0 Å². The predicted molar refractivity (Wildman–Crippen MR) is 109 cm³/mol. The molecule has 1 fully saturated rings. The molecule has 7 nitrogen and oxygen atoms in total. The molecule has 1 atom stereocenters. The van der Waals surface area contributed by atoms with Gasteiger partial charge in [-0.05, 0) is 38.0 Å². The van der Waals surface area contributed by atoms with Gasteiger partial charge in [0.05, 0.1) is 13.2 Å². The summed E-state index contributed by atoms with van der Waals surface area (Å²) in [4.78, 5) is 26.4. The molecule has 28 heavy (non-hydrogen) atoms. The van der Waals surface area contributed by atoms with Crippen molar-refractivity contribution in [1.82, 2.24) is 14.9 Å². The third-order valence-electron chi connectivity index (χ3n) is 5.31. The Morgan fingerprint density at radius 3 is 2.86 bits per heavy atom. The lowest BCUT2D eigenvalue weighted by molar-refractivity contribution is 0.0398. The van der Waals surface area contributed by atoms with E-state index in [9.17, 15) is 4.79 Å². The fourth-order valence-corrected chi connectivity index (χ4v) is 3.91. The normalized spacial score (nSPS) is 19.5. The molecule has 3 heterocycles. The molecule has 1 unspecified atom stereocenters. The second-order valence-electron chi connectivity index (χ2n) is 7.46. The summed E-state index contributed by atoms with van der Waals surface area (Å²) in [5.74, 6) is 0.441. The Morgan fingerprint density at radius 2 is 2.04 bits per heavy atom. The van der Waals surface area contributed by atoms with Gasteiger partial charge < -0.3 is 15.0 Å². The number of nitrogens with zero attached hydrogens (tertiary/aromatic N) is 4. The number of morpholine rings is 1. The maximum Gasteiger partial charge on any atom is 0.277 e. The molecule has 1 aromatic carbocycles. The molecule has 7 heteroatoms. The molecule has 148 valence electrons. The Kier molecular flexibility index (Phi) is 5.54. The van der Waals surface area contributed by atoms with E-state index in [0.29, 0.717) is 11.6 Å². The fraction of sp³-hybridized carbons (Fsp3) is 0.476. The highest BCUT2D eigenvalue weighted by Crippen LogP contribution is 2.32. The van der Waals surface area contributed by atoms with E-state index in [2.05, 4.69) is 33.2 Å². The van der Waals surface area contributed by atoms with E-state index in [1.165, 1.54) is 5.56 Å². The number of benzene rings is 1. The third kappa shape index (κ3) is 4.00. The quantitative estimate of drug-likeness (QED) is 0.856. The molecule has 0 spiro atoms. The number of rotatable bonds is 5. The highest BCUT2D eigenvalue weighted by atomic mass is 16.5. The summed E-state index contributed by atoms with van der Waals surface area (Å²) in [6.45, 7) is 9.09. The predicted octanol–water partition coefficient (Wildman–Crippen LogP) is 2.12. The standard InChI is InChI=1S/C21H27N5O2/c1-15-13-18(20(27)26-16(2)14-17-5-3-4-6-19(17)26)24-21(23-15)22-7-8-25-9-11-28-12-10-25/h3-6,13,16H,7-12,14H2,1-2H3,(H,22,23,24). The summed E-state index contributed by atoms with van der Waals surface area (Å²) < 4.78 is 5.38. The first kappa shape index (κ1) is 18.8. The van der Waals surface area contributed by atoms with Crippen LogP contribution in [0, 0.1) is 6.92 Å². The van der Waals surface area contributed by atoms with E-state index < -0.39 is 0 Å². The van der Waals surface area contributed by atoms with Crippen LogP contribution in [0.15, 0.2) is 30.3 Å². The number of carbonyl (C=O) groups excluding carboxylic acids is 1. The minimum absolute atomic E-state index is 0.0702. The van der Waals surface area contributed by atoms with Crippen molar-refractivity contribution in [2.75, 3.05) is 49.6 Å². The molecule has 0 saturated carbocycles. The number of fused-ring (bicyclic) bond motifs is 1. The molecule has 0 aliphatic carbocycles. The summed E-state index contributed by atoms with van der Waals surface area (Å²) in [5.41, 5.74) is 3.41. The lowest BCUT2D eigenvalue weighted by atomic mass is 10.1. The van der Waals surface area contributed by atoms with Crippen LogP contribution in [0.3, 0.4) is 0 Å². The zero-order valence-corrected chi connectivity index (χ0v) is 16.5. The van der Waals surface area contributed by atoms with Crippen molar-refractivity contribution >= 4 is 17.5 Å². The van der Waals surface area contributed by atoms with Crippen molar-refractivity contribution in [1.29, 1.82) is 0 Å². The number of ether oxygens (including phenoxy) is 1. The fourth-order valence-electron chi connectivity index (χ4n) is 3.91. The van der Waals surface area contributed by atoms with Gasteiger partial charge in [0.15, 0.2) is 0 Å². The zero-order valence-electron chi connectivity index (χ0n) is 16.5. The summed E-state index contributed by atoms with van der Waals surface area (Å²) in [6.07, 6.45) is 0.872. The number of aromatic nitrogens is 2. The molecule has 1 saturated heterocycles. The molecule has 0 bridgehead atoms. The molecule has 1 N–H and O–H groups in total. The van der Waals surface area contributed by atoms with Gasteiger partial charge in [-0.3, -0.25) is 9.69 Å². The largest absolute Gasteiger partial charge is 0.379 e. The number of anilines is 2. The molecule has 2 aliphatic heterocycles. The zero-order chi connectivity index (χ0) is 19.5. The van der Waals surface area contributed by atoms with E-state index in [1.54, 1.807) is 6.07 Å². The summed E-state index contributed by atoms with van der Waals surface area (Å²) in [7, 11) is 0. The van der Waals surface area contributed by atoms with Crippen LogP contribution in [0.25, 0.3) is 0 Å². The van der Waals surface area contributed by atoms with Crippen LogP contribution in [0.5, 0.6) is 0 Å². The average molecular weight is 381 g/mol. The van der Waals surface area contributed by atoms with Gasteiger partial charge in [0.25, 0.3) is 5.91 Å². The average Bonchev–Trinajstić information content (AvgIpc) is 3.03. The molecule has 2 aliphatic rings. The van der Waals surface area contributed by atoms with E-state index in [1.807, 2.05) is 30.0 Å². The van der Waals surface area contributed by atoms with Gasteiger partial charge in [-0.25, -0.2) is 9.97 Å². The van der Waals surface area contributed by atoms with Gasteiger partial charge in [-0.2, -0.15) is 0 Å². The van der Waals surface area contributed by atoms with Gasteiger partial charge in [0.1, 0.15) is 5.69 Å². The Labute approximate surface area is 165 Å². The summed E-state index contributed by atoms with van der Waals surface area (Å²) in [6, 6.07) is 9.97. The van der Waals surface area contributed by atoms with Crippen LogP contribution >= 0.6 is 0 Å². The van der Waals surface area contributed by atoms with Crippen molar-refractivity contribution in [3.63, 3.8) is 0 Å². The van der Waals surface area contributed by atoms with Gasteiger partial charge in [0, 0.05) is 43.6 Å². The highest BCUT2D eigenvalue weighted by molar-refractivity contribution is 6.06. The Hall–Kier alpha value is -2.51. The molecule has 1 aromatic heterocycles. The lowest BCUT2D eigenvalue weighted by Gasteiger charge is -2.26. The SMILES string of the molecule is Cc1cc(C(=O)N2c3ccccc3CC2C)nc(NCCN2CCOCC2)n1. The molecule has 0 radical (unpaired) electrons. The van der Waals surface area contributed by atoms with Crippen molar-refractivity contribution in [2.45, 2.75) is 26.3 Å². The van der Waals surface area contributed by atoms with E-state index in [4.69, 9.17) is 4.74 Å². The molecular formula is C21H27N5O2. The Balaban J connectivity index is 1.46. The third-order valence-corrected chi connectivity index (χ3v) is 5.31. The van der Waals surface area contributed by atoms with Crippen LogP contribution in [-0.4, -0.2) is 66.2 Å². The first-order valence-electron chi connectivity index (χ1n) is 9.93. The van der Waals surface area contributed by atoms with Gasteiger partial charge in [-0.1, -0.05) is 18.2 Å². The minimum Gasteiger partial charge on any atom is -0.379 e. The van der Waals surface area contributed by atoms with Gasteiger partial charge >= 0.3 is 0 Å². The highest BCUT2D eigenvalue weighted by Gasteiger charge is 2.32. The van der Waals surface area contributed by atoms with Crippen LogP contribution in [0.4, 0.5) is 11.6 Å². The number of hydrogen-bond acceptors (Lipinski definition) is 6. The minimum atomic E-state index is -0.0702. The van der Waals surface area contributed by atoms with Crippen LogP contribution in [0.1, 0.15) is 28.7 Å². The van der Waals surface area contributed by atoms with Crippen molar-refractivity contribution < 1.29 is 9.53 Å². The van der Waals surface area contributed by atoms with Crippen molar-refractivity contribution in [3.05, 3.63) is 47.3 Å². The number of carbonyl (C=O) groups is 1. The number of aryl methyl sites for hydroxylation is 1. The number of amides is 1. The van der Waals surface area contributed by atoms with E-state index in [-0.39, 0.29) is 11.9 Å². The Morgan fingerprint density at radius 1 is 1.25 bits per heavy atom. The number of hydrogen-bond donors (Lipinski definition) is 1. The second kappa shape index (κ2) is 8.24. The molecule has 1 amide bonds. The lowest BCUT2D eigenvalue weighted by Crippen LogP contribution is -2.39. The monoisotopic (exact) mass is 381 g/mol. The van der Waals surface area contributed by atoms with Crippen LogP contribution in [-0.2, 0) is 11.2 Å². The Bertz CT molecular complexity index is 850. The van der Waals surface area contributed by atoms with Gasteiger partial charge in [0.2, 0.25) is 5.95 Å². The first-order chi connectivity index (χ1) is 13.6. The van der Waals surface area contributed by atoms with Gasteiger partial charge in [-0.15, -0.1) is 0 Å². The smallest absolute Gasteiger partial charge is 0.277 e. The van der Waals surface area contributed by atoms with E-state index in [0.717, 1.165) is 57.2 Å².